The van der Waals surface area contributed by atoms with E-state index in [9.17, 15) is 4.79 Å². The smallest absolute Gasteiger partial charge is 0.260 e. The van der Waals surface area contributed by atoms with Gasteiger partial charge in [-0.05, 0) is 18.6 Å². The fraction of sp³-hybridized carbons (Fsp3) is 0.400. The SMILES string of the molecule is Cc1ccccc1OCC(=O)N1CCN(c2cnsn2)CC1. The zero-order valence-corrected chi connectivity index (χ0v) is 13.3. The molecule has 0 spiro atoms. The molecule has 22 heavy (non-hydrogen) atoms. The molecule has 0 saturated carbocycles. The summed E-state index contributed by atoms with van der Waals surface area (Å²) in [5, 5.41) is 0. The number of aromatic nitrogens is 2. The van der Waals surface area contributed by atoms with E-state index in [1.165, 1.54) is 11.7 Å². The van der Waals surface area contributed by atoms with Gasteiger partial charge in [-0.15, -0.1) is 0 Å². The Bertz CT molecular complexity index is 624. The van der Waals surface area contributed by atoms with Gasteiger partial charge in [-0.25, -0.2) is 0 Å². The average Bonchev–Trinajstić information content (AvgIpc) is 3.08. The van der Waals surface area contributed by atoms with Crippen molar-refractivity contribution >= 4 is 23.5 Å². The van der Waals surface area contributed by atoms with Crippen molar-refractivity contribution in [1.29, 1.82) is 0 Å². The lowest BCUT2D eigenvalue weighted by atomic mass is 10.2. The summed E-state index contributed by atoms with van der Waals surface area (Å²) < 4.78 is 13.9. The van der Waals surface area contributed by atoms with Gasteiger partial charge in [0.05, 0.1) is 17.9 Å². The summed E-state index contributed by atoms with van der Waals surface area (Å²) >= 11 is 1.21. The summed E-state index contributed by atoms with van der Waals surface area (Å²) in [6.45, 7) is 4.99. The number of nitrogens with zero attached hydrogens (tertiary/aromatic N) is 4. The number of para-hydroxylation sites is 1. The Morgan fingerprint density at radius 2 is 2.05 bits per heavy atom. The third-order valence-corrected chi connectivity index (χ3v) is 4.22. The molecular weight excluding hydrogens is 300 g/mol. The molecule has 1 aromatic heterocycles. The maximum Gasteiger partial charge on any atom is 0.260 e. The van der Waals surface area contributed by atoms with Gasteiger partial charge < -0.3 is 14.5 Å². The fourth-order valence-electron chi connectivity index (χ4n) is 2.43. The molecule has 0 bridgehead atoms. The predicted octanol–water partition coefficient (Wildman–Crippen LogP) is 1.57. The van der Waals surface area contributed by atoms with Crippen LogP contribution in [0.3, 0.4) is 0 Å². The highest BCUT2D eigenvalue weighted by atomic mass is 32.1. The molecule has 0 N–H and O–H groups in total. The van der Waals surface area contributed by atoms with Crippen LogP contribution in [0.1, 0.15) is 5.56 Å². The Hall–Kier alpha value is -2.15. The first-order valence-corrected chi connectivity index (χ1v) is 7.96. The molecule has 0 radical (unpaired) electrons. The first-order chi connectivity index (χ1) is 10.7. The molecule has 1 fully saturated rings. The van der Waals surface area contributed by atoms with Gasteiger partial charge in [-0.2, -0.15) is 8.75 Å². The lowest BCUT2D eigenvalue weighted by molar-refractivity contribution is -0.133. The van der Waals surface area contributed by atoms with Gasteiger partial charge in [0.25, 0.3) is 5.91 Å². The minimum absolute atomic E-state index is 0.0271. The Morgan fingerprint density at radius 3 is 2.73 bits per heavy atom. The minimum atomic E-state index is 0.0271. The van der Waals surface area contributed by atoms with Crippen LogP contribution in [0.4, 0.5) is 5.82 Å². The molecule has 0 atom stereocenters. The van der Waals surface area contributed by atoms with E-state index in [1.807, 2.05) is 36.1 Å². The Kier molecular flexibility index (Phi) is 4.53. The quantitative estimate of drug-likeness (QED) is 0.856. The van der Waals surface area contributed by atoms with E-state index < -0.39 is 0 Å². The van der Waals surface area contributed by atoms with Crippen molar-refractivity contribution in [3.05, 3.63) is 36.0 Å². The monoisotopic (exact) mass is 318 g/mol. The number of amides is 1. The Balaban J connectivity index is 1.49. The molecule has 1 aliphatic rings. The van der Waals surface area contributed by atoms with Crippen LogP contribution in [0.5, 0.6) is 5.75 Å². The summed E-state index contributed by atoms with van der Waals surface area (Å²) in [5.74, 6) is 1.69. The first kappa shape index (κ1) is 14.8. The van der Waals surface area contributed by atoms with Crippen molar-refractivity contribution in [1.82, 2.24) is 13.6 Å². The molecule has 1 aliphatic heterocycles. The van der Waals surface area contributed by atoms with E-state index >= 15 is 0 Å². The summed E-state index contributed by atoms with van der Waals surface area (Å²) in [6.07, 6.45) is 1.77. The van der Waals surface area contributed by atoms with Gasteiger partial charge in [0, 0.05) is 26.2 Å². The molecular formula is C15H18N4O2S. The maximum atomic E-state index is 12.2. The number of benzene rings is 1. The third-order valence-electron chi connectivity index (χ3n) is 3.75. The number of anilines is 1. The standard InChI is InChI=1S/C15H18N4O2S/c1-12-4-2-3-5-13(12)21-11-15(20)19-8-6-18(7-9-19)14-10-16-22-17-14/h2-5,10H,6-9,11H2,1H3. The number of carbonyl (C=O) groups is 1. The number of hydrogen-bond acceptors (Lipinski definition) is 6. The number of piperazine rings is 1. The van der Waals surface area contributed by atoms with Crippen LogP contribution in [-0.4, -0.2) is 52.3 Å². The van der Waals surface area contributed by atoms with Crippen molar-refractivity contribution in [2.75, 3.05) is 37.7 Å². The number of carbonyl (C=O) groups excluding carboxylic acids is 1. The van der Waals surface area contributed by atoms with Crippen LogP contribution >= 0.6 is 11.7 Å². The van der Waals surface area contributed by atoms with Gasteiger partial charge >= 0.3 is 0 Å². The largest absolute Gasteiger partial charge is 0.484 e. The summed E-state index contributed by atoms with van der Waals surface area (Å²) in [5.41, 5.74) is 1.04. The number of rotatable bonds is 4. The van der Waals surface area contributed by atoms with Gasteiger partial charge in [0.2, 0.25) is 0 Å². The zero-order valence-electron chi connectivity index (χ0n) is 12.4. The topological polar surface area (TPSA) is 58.6 Å². The normalized spacial score (nSPS) is 15.0. The van der Waals surface area contributed by atoms with Crippen molar-refractivity contribution in [2.24, 2.45) is 0 Å². The lowest BCUT2D eigenvalue weighted by Gasteiger charge is -2.34. The molecule has 2 heterocycles. The van der Waals surface area contributed by atoms with Gasteiger partial charge in [-0.3, -0.25) is 4.79 Å². The highest BCUT2D eigenvalue weighted by Crippen LogP contribution is 2.17. The molecule has 0 aliphatic carbocycles. The Morgan fingerprint density at radius 1 is 1.27 bits per heavy atom. The highest BCUT2D eigenvalue weighted by molar-refractivity contribution is 6.99. The van der Waals surface area contributed by atoms with Crippen molar-refractivity contribution in [2.45, 2.75) is 6.92 Å². The minimum Gasteiger partial charge on any atom is -0.484 e. The zero-order chi connectivity index (χ0) is 15.4. The van der Waals surface area contributed by atoms with E-state index in [0.717, 1.165) is 30.2 Å². The lowest BCUT2D eigenvalue weighted by Crippen LogP contribution is -2.50. The van der Waals surface area contributed by atoms with E-state index in [4.69, 9.17) is 4.74 Å². The van der Waals surface area contributed by atoms with Crippen LogP contribution in [0, 0.1) is 6.92 Å². The maximum absolute atomic E-state index is 12.2. The molecule has 116 valence electrons. The first-order valence-electron chi connectivity index (χ1n) is 7.23. The van der Waals surface area contributed by atoms with Crippen LogP contribution < -0.4 is 9.64 Å². The molecule has 1 amide bonds. The second-order valence-corrected chi connectivity index (χ2v) is 5.74. The second-order valence-electron chi connectivity index (χ2n) is 5.19. The van der Waals surface area contributed by atoms with Crippen LogP contribution in [-0.2, 0) is 4.79 Å². The summed E-state index contributed by atoms with van der Waals surface area (Å²) in [4.78, 5) is 16.2. The summed E-state index contributed by atoms with van der Waals surface area (Å²) in [7, 11) is 0. The predicted molar refractivity (Wildman–Crippen MR) is 85.4 cm³/mol. The third kappa shape index (κ3) is 3.36. The molecule has 2 aromatic rings. The summed E-state index contributed by atoms with van der Waals surface area (Å²) in [6, 6.07) is 7.72. The van der Waals surface area contributed by atoms with E-state index in [1.54, 1.807) is 6.20 Å². The molecule has 3 rings (SSSR count). The number of aryl methyl sites for hydroxylation is 1. The average molecular weight is 318 g/mol. The van der Waals surface area contributed by atoms with Crippen molar-refractivity contribution in [3.63, 3.8) is 0 Å². The fourth-order valence-corrected chi connectivity index (χ4v) is 2.87. The van der Waals surface area contributed by atoms with E-state index in [-0.39, 0.29) is 12.5 Å². The van der Waals surface area contributed by atoms with Crippen LogP contribution in [0.25, 0.3) is 0 Å². The Labute approximate surface area is 133 Å². The molecule has 6 nitrogen and oxygen atoms in total. The van der Waals surface area contributed by atoms with Gasteiger partial charge in [0.1, 0.15) is 5.75 Å². The van der Waals surface area contributed by atoms with Crippen molar-refractivity contribution in [3.8, 4) is 5.75 Å². The van der Waals surface area contributed by atoms with E-state index in [0.29, 0.717) is 13.1 Å². The number of hydrogen-bond donors (Lipinski definition) is 0. The van der Waals surface area contributed by atoms with Gasteiger partial charge in [0.15, 0.2) is 12.4 Å². The second kappa shape index (κ2) is 6.74. The van der Waals surface area contributed by atoms with Crippen LogP contribution in [0.2, 0.25) is 0 Å². The van der Waals surface area contributed by atoms with E-state index in [2.05, 4.69) is 13.6 Å². The number of ether oxygens (including phenoxy) is 1. The molecule has 7 heteroatoms. The van der Waals surface area contributed by atoms with Crippen molar-refractivity contribution < 1.29 is 9.53 Å². The van der Waals surface area contributed by atoms with Gasteiger partial charge in [-0.1, -0.05) is 18.2 Å². The molecule has 1 saturated heterocycles. The van der Waals surface area contributed by atoms with Crippen LogP contribution in [0.15, 0.2) is 30.5 Å². The molecule has 0 unspecified atom stereocenters. The molecule has 1 aromatic carbocycles. The highest BCUT2D eigenvalue weighted by Gasteiger charge is 2.22.